The summed E-state index contributed by atoms with van der Waals surface area (Å²) in [5.41, 5.74) is 2.07. The second-order valence-electron chi connectivity index (χ2n) is 3.50. The lowest BCUT2D eigenvalue weighted by molar-refractivity contribution is 0.667. The van der Waals surface area contributed by atoms with Crippen LogP contribution >= 0.6 is 11.6 Å². The molecule has 0 saturated carbocycles. The van der Waals surface area contributed by atoms with Crippen molar-refractivity contribution in [3.63, 3.8) is 0 Å². The van der Waals surface area contributed by atoms with Crippen molar-refractivity contribution in [3.05, 3.63) is 29.0 Å². The van der Waals surface area contributed by atoms with Crippen molar-refractivity contribution in [3.8, 4) is 0 Å². The first-order valence-electron chi connectivity index (χ1n) is 5.04. The molecule has 2 aromatic rings. The number of benzene rings is 1. The molecule has 2 rings (SSSR count). The van der Waals surface area contributed by atoms with Crippen molar-refractivity contribution < 1.29 is 0 Å². The summed E-state index contributed by atoms with van der Waals surface area (Å²) in [4.78, 5) is 4.53. The van der Waals surface area contributed by atoms with Crippen molar-refractivity contribution in [1.29, 1.82) is 0 Å². The van der Waals surface area contributed by atoms with Gasteiger partial charge in [-0.1, -0.05) is 18.5 Å². The van der Waals surface area contributed by atoms with Crippen LogP contribution in [-0.2, 0) is 13.6 Å². The highest BCUT2D eigenvalue weighted by atomic mass is 35.5. The van der Waals surface area contributed by atoms with Crippen molar-refractivity contribution >= 4 is 22.6 Å². The molecule has 0 unspecified atom stereocenters. The lowest BCUT2D eigenvalue weighted by atomic mass is 10.3. The summed E-state index contributed by atoms with van der Waals surface area (Å²) >= 11 is 5.92. The molecule has 0 aliphatic heterocycles. The average molecular weight is 224 g/mol. The molecule has 1 aromatic heterocycles. The lowest BCUT2D eigenvalue weighted by Gasteiger charge is -2.01. The fourth-order valence-electron chi connectivity index (χ4n) is 1.62. The van der Waals surface area contributed by atoms with Crippen molar-refractivity contribution in [1.82, 2.24) is 14.9 Å². The number of halogens is 1. The molecule has 0 saturated heterocycles. The molecule has 0 fully saturated rings. The van der Waals surface area contributed by atoms with Gasteiger partial charge >= 0.3 is 0 Å². The largest absolute Gasteiger partial charge is 0.330 e. The van der Waals surface area contributed by atoms with Gasteiger partial charge in [0.1, 0.15) is 5.82 Å². The Balaban J connectivity index is 2.44. The molecule has 3 nitrogen and oxygen atoms in total. The normalized spacial score (nSPS) is 11.1. The Kier molecular flexibility index (Phi) is 2.93. The summed E-state index contributed by atoms with van der Waals surface area (Å²) in [6.07, 6.45) is 0. The number of aryl methyl sites for hydroxylation is 1. The molecule has 0 radical (unpaired) electrons. The number of nitrogens with one attached hydrogen (secondary N) is 1. The summed E-state index contributed by atoms with van der Waals surface area (Å²) < 4.78 is 2.09. The quantitative estimate of drug-likeness (QED) is 0.866. The maximum atomic E-state index is 5.92. The lowest BCUT2D eigenvalue weighted by Crippen LogP contribution is -2.15. The van der Waals surface area contributed by atoms with Gasteiger partial charge in [-0.2, -0.15) is 0 Å². The van der Waals surface area contributed by atoms with Crippen molar-refractivity contribution in [2.45, 2.75) is 13.5 Å². The Morgan fingerprint density at radius 1 is 1.47 bits per heavy atom. The highest BCUT2D eigenvalue weighted by molar-refractivity contribution is 6.31. The second kappa shape index (κ2) is 4.21. The Morgan fingerprint density at radius 3 is 3.00 bits per heavy atom. The number of aromatic nitrogens is 2. The zero-order chi connectivity index (χ0) is 10.8. The van der Waals surface area contributed by atoms with Crippen LogP contribution in [0.5, 0.6) is 0 Å². The van der Waals surface area contributed by atoms with E-state index in [4.69, 9.17) is 11.6 Å². The van der Waals surface area contributed by atoms with Crippen molar-refractivity contribution in [2.24, 2.45) is 7.05 Å². The number of rotatable bonds is 3. The topological polar surface area (TPSA) is 29.9 Å². The fraction of sp³-hybridized carbons (Fsp3) is 0.364. The average Bonchev–Trinajstić information content (AvgIpc) is 2.52. The third kappa shape index (κ3) is 1.98. The minimum atomic E-state index is 0.732. The summed E-state index contributed by atoms with van der Waals surface area (Å²) in [6, 6.07) is 5.79. The number of imidazole rings is 1. The van der Waals surface area contributed by atoms with Gasteiger partial charge in [-0.25, -0.2) is 4.98 Å². The van der Waals surface area contributed by atoms with Gasteiger partial charge < -0.3 is 9.88 Å². The molecule has 1 N–H and O–H groups in total. The molecule has 0 aliphatic carbocycles. The van der Waals surface area contributed by atoms with Crippen molar-refractivity contribution in [2.75, 3.05) is 6.54 Å². The van der Waals surface area contributed by atoms with E-state index in [-0.39, 0.29) is 0 Å². The molecular formula is C11H14ClN3. The van der Waals surface area contributed by atoms with Gasteiger partial charge in [0.2, 0.25) is 0 Å². The number of hydrogen-bond acceptors (Lipinski definition) is 2. The number of hydrogen-bond donors (Lipinski definition) is 1. The molecule has 0 spiro atoms. The third-order valence-electron chi connectivity index (χ3n) is 2.47. The van der Waals surface area contributed by atoms with E-state index in [0.717, 1.165) is 35.0 Å². The third-order valence-corrected chi connectivity index (χ3v) is 2.70. The fourth-order valence-corrected chi connectivity index (χ4v) is 1.78. The van der Waals surface area contributed by atoms with E-state index in [9.17, 15) is 0 Å². The van der Waals surface area contributed by atoms with Gasteiger partial charge in [-0.05, 0) is 24.7 Å². The van der Waals surface area contributed by atoms with Crippen LogP contribution in [0.25, 0.3) is 11.0 Å². The highest BCUT2D eigenvalue weighted by Gasteiger charge is 2.06. The summed E-state index contributed by atoms with van der Waals surface area (Å²) in [5.74, 6) is 1.04. The van der Waals surface area contributed by atoms with Gasteiger partial charge in [0.15, 0.2) is 0 Å². The van der Waals surface area contributed by atoms with Crippen LogP contribution in [0.15, 0.2) is 18.2 Å². The SMILES string of the molecule is CCNCc1nc2cc(Cl)ccc2n1C. The van der Waals surface area contributed by atoms with Crippen LogP contribution in [0.4, 0.5) is 0 Å². The Bertz CT molecular complexity index is 476. The first-order valence-corrected chi connectivity index (χ1v) is 5.41. The smallest absolute Gasteiger partial charge is 0.123 e. The van der Waals surface area contributed by atoms with E-state index in [1.165, 1.54) is 0 Å². The second-order valence-corrected chi connectivity index (χ2v) is 3.94. The monoisotopic (exact) mass is 223 g/mol. The number of nitrogens with zero attached hydrogens (tertiary/aromatic N) is 2. The van der Waals surface area contributed by atoms with E-state index in [2.05, 4.69) is 21.8 Å². The summed E-state index contributed by atoms with van der Waals surface area (Å²) in [7, 11) is 2.02. The zero-order valence-electron chi connectivity index (χ0n) is 8.92. The zero-order valence-corrected chi connectivity index (χ0v) is 9.67. The predicted molar refractivity (Wildman–Crippen MR) is 63.1 cm³/mol. The van der Waals surface area contributed by atoms with Crippen LogP contribution in [0.1, 0.15) is 12.7 Å². The van der Waals surface area contributed by atoms with Crippen LogP contribution in [0.3, 0.4) is 0 Å². The minimum Gasteiger partial charge on any atom is -0.330 e. The molecule has 0 aliphatic rings. The molecule has 15 heavy (non-hydrogen) atoms. The van der Waals surface area contributed by atoms with Gasteiger partial charge in [0, 0.05) is 12.1 Å². The molecule has 80 valence electrons. The van der Waals surface area contributed by atoms with E-state index in [0.29, 0.717) is 0 Å². The highest BCUT2D eigenvalue weighted by Crippen LogP contribution is 2.19. The maximum Gasteiger partial charge on any atom is 0.123 e. The van der Waals surface area contributed by atoms with Crippen LogP contribution in [0, 0.1) is 0 Å². The first-order chi connectivity index (χ1) is 7.22. The van der Waals surface area contributed by atoms with Crippen LogP contribution in [0.2, 0.25) is 5.02 Å². The number of fused-ring (bicyclic) bond motifs is 1. The first kappa shape index (κ1) is 10.5. The van der Waals surface area contributed by atoms with Gasteiger partial charge in [0.25, 0.3) is 0 Å². The molecular weight excluding hydrogens is 210 g/mol. The van der Waals surface area contributed by atoms with E-state index >= 15 is 0 Å². The molecule has 1 aromatic carbocycles. The summed E-state index contributed by atoms with van der Waals surface area (Å²) in [5, 5.41) is 4.00. The molecule has 4 heteroatoms. The predicted octanol–water partition coefficient (Wildman–Crippen LogP) is 2.34. The summed E-state index contributed by atoms with van der Waals surface area (Å²) in [6.45, 7) is 3.82. The van der Waals surface area contributed by atoms with Gasteiger partial charge in [-0.15, -0.1) is 0 Å². The molecule has 0 atom stereocenters. The molecule has 0 amide bonds. The molecule has 1 heterocycles. The Labute approximate surface area is 94.1 Å². The van der Waals surface area contributed by atoms with Crippen LogP contribution in [-0.4, -0.2) is 16.1 Å². The van der Waals surface area contributed by atoms with E-state index in [1.807, 2.05) is 25.2 Å². The Morgan fingerprint density at radius 2 is 2.27 bits per heavy atom. The standard InChI is InChI=1S/C11H14ClN3/c1-3-13-7-11-14-9-6-8(12)4-5-10(9)15(11)2/h4-6,13H,3,7H2,1-2H3. The van der Waals surface area contributed by atoms with E-state index < -0.39 is 0 Å². The van der Waals surface area contributed by atoms with Gasteiger partial charge in [0.05, 0.1) is 17.6 Å². The minimum absolute atomic E-state index is 0.732. The Hall–Kier alpha value is -1.06. The van der Waals surface area contributed by atoms with E-state index in [1.54, 1.807) is 0 Å². The maximum absolute atomic E-state index is 5.92. The van der Waals surface area contributed by atoms with Gasteiger partial charge in [-0.3, -0.25) is 0 Å². The molecule has 0 bridgehead atoms. The van der Waals surface area contributed by atoms with Crippen LogP contribution < -0.4 is 5.32 Å².